The lowest BCUT2D eigenvalue weighted by molar-refractivity contribution is 0.126. The van der Waals surface area contributed by atoms with Gasteiger partial charge in [0, 0.05) is 44.3 Å². The molecule has 8 heteroatoms. The Kier molecular flexibility index (Phi) is 9.96. The molecule has 1 heterocycles. The fourth-order valence-electron chi connectivity index (χ4n) is 4.06. The van der Waals surface area contributed by atoms with Crippen LogP contribution in [0.2, 0.25) is 5.02 Å². The maximum absolute atomic E-state index is 11.7. The molecule has 176 valence electrons. The van der Waals surface area contributed by atoms with Gasteiger partial charge >= 0.3 is 0 Å². The molecule has 6 nitrogen and oxygen atoms in total. The van der Waals surface area contributed by atoms with E-state index in [1.54, 1.807) is 0 Å². The van der Waals surface area contributed by atoms with Crippen molar-refractivity contribution in [3.05, 3.63) is 59.1 Å². The molecule has 1 aliphatic rings. The number of sulfonamides is 1. The molecule has 3 rings (SSSR count). The number of hydrogen-bond donors (Lipinski definition) is 2. The third-order valence-corrected chi connectivity index (χ3v) is 7.57. The van der Waals surface area contributed by atoms with Gasteiger partial charge in [-0.05, 0) is 48.2 Å². The summed E-state index contributed by atoms with van der Waals surface area (Å²) in [5.74, 6) is 0.133. The molecule has 0 aromatic heterocycles. The predicted molar refractivity (Wildman–Crippen MR) is 131 cm³/mol. The first kappa shape index (κ1) is 25.1. The van der Waals surface area contributed by atoms with Crippen LogP contribution in [0.25, 0.3) is 11.1 Å². The number of aliphatic hydroxyl groups excluding tert-OH is 1. The van der Waals surface area contributed by atoms with Crippen LogP contribution in [0.1, 0.15) is 24.8 Å². The highest BCUT2D eigenvalue weighted by molar-refractivity contribution is 7.89. The van der Waals surface area contributed by atoms with Gasteiger partial charge in [-0.25, -0.2) is 13.1 Å². The zero-order valence-corrected chi connectivity index (χ0v) is 20.1. The van der Waals surface area contributed by atoms with E-state index >= 15 is 0 Å². The van der Waals surface area contributed by atoms with Crippen molar-refractivity contribution in [1.29, 1.82) is 0 Å². The lowest BCUT2D eigenvalue weighted by Crippen LogP contribution is -2.46. The van der Waals surface area contributed by atoms with E-state index in [9.17, 15) is 8.42 Å². The summed E-state index contributed by atoms with van der Waals surface area (Å²) in [4.78, 5) is 4.98. The van der Waals surface area contributed by atoms with Gasteiger partial charge in [-0.2, -0.15) is 0 Å². The molecule has 0 unspecified atom stereocenters. The highest BCUT2D eigenvalue weighted by atomic mass is 35.5. The second kappa shape index (κ2) is 12.7. The first-order valence-electron chi connectivity index (χ1n) is 11.3. The van der Waals surface area contributed by atoms with E-state index in [1.807, 2.05) is 12.1 Å². The van der Waals surface area contributed by atoms with E-state index in [-0.39, 0.29) is 18.9 Å². The van der Waals surface area contributed by atoms with E-state index < -0.39 is 10.0 Å². The van der Waals surface area contributed by atoms with Crippen LogP contribution in [-0.4, -0.2) is 75.0 Å². The summed E-state index contributed by atoms with van der Waals surface area (Å²) in [6.45, 7) is 6.03. The molecule has 0 saturated carbocycles. The maximum atomic E-state index is 11.7. The lowest BCUT2D eigenvalue weighted by Gasteiger charge is -2.35. The SMILES string of the molecule is O=S(=O)(CCCCCN1CCN(Cc2ccccc2-c2ccc(Cl)cc2)CC1)NCCO. The molecule has 0 atom stereocenters. The van der Waals surface area contributed by atoms with E-state index in [1.165, 1.54) is 16.7 Å². The highest BCUT2D eigenvalue weighted by Gasteiger charge is 2.18. The number of nitrogens with zero attached hydrogens (tertiary/aromatic N) is 2. The number of piperazine rings is 1. The van der Waals surface area contributed by atoms with Gasteiger partial charge in [0.05, 0.1) is 12.4 Å². The van der Waals surface area contributed by atoms with Crippen LogP contribution in [0.3, 0.4) is 0 Å². The topological polar surface area (TPSA) is 72.9 Å². The Labute approximate surface area is 197 Å². The minimum atomic E-state index is -3.25. The molecule has 1 aliphatic heterocycles. The van der Waals surface area contributed by atoms with Gasteiger partial charge in [-0.3, -0.25) is 4.90 Å². The summed E-state index contributed by atoms with van der Waals surface area (Å²) >= 11 is 6.05. The van der Waals surface area contributed by atoms with Crippen LogP contribution in [0.4, 0.5) is 0 Å². The fraction of sp³-hybridized carbons (Fsp3) is 0.500. The summed E-state index contributed by atoms with van der Waals surface area (Å²) < 4.78 is 25.8. The van der Waals surface area contributed by atoms with Gasteiger partial charge in [-0.1, -0.05) is 54.4 Å². The monoisotopic (exact) mass is 479 g/mol. The number of nitrogens with one attached hydrogen (secondary N) is 1. The molecule has 0 bridgehead atoms. The first-order chi connectivity index (χ1) is 15.5. The van der Waals surface area contributed by atoms with Gasteiger partial charge in [-0.15, -0.1) is 0 Å². The quantitative estimate of drug-likeness (QED) is 0.457. The van der Waals surface area contributed by atoms with Crippen LogP contribution in [0, 0.1) is 0 Å². The van der Waals surface area contributed by atoms with Gasteiger partial charge in [0.25, 0.3) is 0 Å². The first-order valence-corrected chi connectivity index (χ1v) is 13.4. The van der Waals surface area contributed by atoms with Gasteiger partial charge in [0.15, 0.2) is 0 Å². The number of benzene rings is 2. The molecule has 0 amide bonds. The van der Waals surface area contributed by atoms with Gasteiger partial charge < -0.3 is 10.0 Å². The molecule has 1 fully saturated rings. The second-order valence-electron chi connectivity index (χ2n) is 8.28. The average molecular weight is 480 g/mol. The molecule has 2 N–H and O–H groups in total. The Balaban J connectivity index is 1.39. The Morgan fingerprint density at radius 3 is 2.31 bits per heavy atom. The number of aliphatic hydroxyl groups is 1. The Morgan fingerprint density at radius 1 is 0.906 bits per heavy atom. The number of halogens is 1. The number of rotatable bonds is 12. The minimum absolute atomic E-state index is 0.0940. The van der Waals surface area contributed by atoms with E-state index in [0.29, 0.717) is 6.42 Å². The molecule has 0 aliphatic carbocycles. The fourth-order valence-corrected chi connectivity index (χ4v) is 5.32. The van der Waals surface area contributed by atoms with Crippen LogP contribution in [-0.2, 0) is 16.6 Å². The van der Waals surface area contributed by atoms with Crippen LogP contribution in [0.5, 0.6) is 0 Å². The summed E-state index contributed by atoms with van der Waals surface area (Å²) in [6.07, 6.45) is 2.56. The Morgan fingerprint density at radius 2 is 1.59 bits per heavy atom. The summed E-state index contributed by atoms with van der Waals surface area (Å²) in [5, 5.41) is 9.47. The Hall–Kier alpha value is -1.48. The van der Waals surface area contributed by atoms with Crippen LogP contribution in [0.15, 0.2) is 48.5 Å². The summed E-state index contributed by atoms with van der Waals surface area (Å²) in [7, 11) is -3.25. The zero-order chi connectivity index (χ0) is 22.8. The second-order valence-corrected chi connectivity index (χ2v) is 10.6. The predicted octanol–water partition coefficient (Wildman–Crippen LogP) is 3.21. The lowest BCUT2D eigenvalue weighted by atomic mass is 9.99. The number of unbranched alkanes of at least 4 members (excludes halogenated alkanes) is 2. The molecule has 0 radical (unpaired) electrons. The van der Waals surface area contributed by atoms with Crippen molar-refractivity contribution in [3.8, 4) is 11.1 Å². The molecular formula is C24H34ClN3O3S. The van der Waals surface area contributed by atoms with Crippen molar-refractivity contribution in [2.75, 3.05) is 51.6 Å². The minimum Gasteiger partial charge on any atom is -0.395 e. The molecule has 1 saturated heterocycles. The highest BCUT2D eigenvalue weighted by Crippen LogP contribution is 2.26. The third kappa shape index (κ3) is 8.14. The molecule has 0 spiro atoms. The summed E-state index contributed by atoms with van der Waals surface area (Å²) in [5.41, 5.74) is 3.78. The largest absolute Gasteiger partial charge is 0.395 e. The zero-order valence-electron chi connectivity index (χ0n) is 18.5. The van der Waals surface area contributed by atoms with Crippen molar-refractivity contribution >= 4 is 21.6 Å². The van der Waals surface area contributed by atoms with Crippen molar-refractivity contribution in [1.82, 2.24) is 14.5 Å². The van der Waals surface area contributed by atoms with Crippen molar-refractivity contribution in [2.45, 2.75) is 25.8 Å². The molecular weight excluding hydrogens is 446 g/mol. The number of hydrogen-bond acceptors (Lipinski definition) is 5. The Bertz CT molecular complexity index is 930. The van der Waals surface area contributed by atoms with Crippen molar-refractivity contribution in [2.24, 2.45) is 0 Å². The van der Waals surface area contributed by atoms with Crippen molar-refractivity contribution in [3.63, 3.8) is 0 Å². The third-order valence-electron chi connectivity index (χ3n) is 5.85. The maximum Gasteiger partial charge on any atom is 0.211 e. The normalized spacial score (nSPS) is 15.8. The van der Waals surface area contributed by atoms with Crippen LogP contribution < -0.4 is 4.72 Å². The van der Waals surface area contributed by atoms with Gasteiger partial charge in [0.2, 0.25) is 10.0 Å². The molecule has 2 aromatic rings. The van der Waals surface area contributed by atoms with Gasteiger partial charge in [0.1, 0.15) is 0 Å². The van der Waals surface area contributed by atoms with E-state index in [2.05, 4.69) is 50.9 Å². The average Bonchev–Trinajstić information content (AvgIpc) is 2.80. The summed E-state index contributed by atoms with van der Waals surface area (Å²) in [6, 6.07) is 16.6. The smallest absolute Gasteiger partial charge is 0.211 e. The van der Waals surface area contributed by atoms with Crippen molar-refractivity contribution < 1.29 is 13.5 Å². The van der Waals surface area contributed by atoms with Crippen LogP contribution >= 0.6 is 11.6 Å². The van der Waals surface area contributed by atoms with E-state index in [0.717, 1.165) is 57.1 Å². The molecule has 32 heavy (non-hydrogen) atoms. The molecule has 2 aromatic carbocycles. The van der Waals surface area contributed by atoms with E-state index in [4.69, 9.17) is 16.7 Å². The standard InChI is InChI=1S/C24H34ClN3O3S/c25-23-10-8-21(9-11-23)24-7-3-2-6-22(24)20-28-16-14-27(15-17-28)13-4-1-5-19-32(30,31)26-12-18-29/h2-3,6-11,26,29H,1,4-5,12-20H2.